The number of aromatic nitrogens is 2. The number of hydrogen-bond acceptors (Lipinski definition) is 4. The van der Waals surface area contributed by atoms with E-state index < -0.39 is 10.8 Å². The Kier molecular flexibility index (Phi) is 4.10. The van der Waals surface area contributed by atoms with Crippen molar-refractivity contribution in [2.45, 2.75) is 0 Å². The van der Waals surface area contributed by atoms with Gasteiger partial charge in [0.1, 0.15) is 6.33 Å². The van der Waals surface area contributed by atoms with Crippen LogP contribution in [0.2, 0.25) is 0 Å². The molecule has 0 aliphatic carbocycles. The molecule has 0 bridgehead atoms. The molecule has 0 spiro atoms. The minimum absolute atomic E-state index is 0.120. The molecule has 7 nitrogen and oxygen atoms in total. The van der Waals surface area contributed by atoms with Crippen molar-refractivity contribution in [3.63, 3.8) is 0 Å². The van der Waals surface area contributed by atoms with E-state index in [1.807, 2.05) is 41.0 Å². The summed E-state index contributed by atoms with van der Waals surface area (Å²) >= 11 is 0. The average molecular weight is 358 g/mol. The van der Waals surface area contributed by atoms with Crippen LogP contribution in [0.25, 0.3) is 16.7 Å². The molecule has 132 valence electrons. The van der Waals surface area contributed by atoms with Crippen molar-refractivity contribution in [2.75, 3.05) is 5.32 Å². The molecular formula is C20H14N4O3. The monoisotopic (exact) mass is 358 g/mol. The van der Waals surface area contributed by atoms with E-state index in [1.54, 1.807) is 18.5 Å². The number of amides is 1. The Morgan fingerprint density at radius 1 is 1.00 bits per heavy atom. The summed E-state index contributed by atoms with van der Waals surface area (Å²) in [5.41, 5.74) is 3.52. The fourth-order valence-electron chi connectivity index (χ4n) is 2.83. The van der Waals surface area contributed by atoms with E-state index in [0.717, 1.165) is 16.7 Å². The molecule has 0 aliphatic heterocycles. The molecule has 0 saturated carbocycles. The summed E-state index contributed by atoms with van der Waals surface area (Å²) < 4.78 is 1.96. The van der Waals surface area contributed by atoms with Crippen LogP contribution in [-0.4, -0.2) is 20.4 Å². The van der Waals surface area contributed by atoms with E-state index in [4.69, 9.17) is 0 Å². The van der Waals surface area contributed by atoms with Crippen molar-refractivity contribution in [3.8, 4) is 5.69 Å². The smallest absolute Gasteiger partial charge is 0.270 e. The lowest BCUT2D eigenvalue weighted by atomic mass is 10.2. The highest BCUT2D eigenvalue weighted by Crippen LogP contribution is 2.20. The Morgan fingerprint density at radius 3 is 2.56 bits per heavy atom. The fourth-order valence-corrected chi connectivity index (χ4v) is 2.83. The van der Waals surface area contributed by atoms with Crippen LogP contribution in [0.1, 0.15) is 10.4 Å². The van der Waals surface area contributed by atoms with Crippen LogP contribution in [-0.2, 0) is 0 Å². The number of nitrogens with one attached hydrogen (secondary N) is 1. The molecule has 27 heavy (non-hydrogen) atoms. The molecule has 4 aromatic rings. The van der Waals surface area contributed by atoms with Gasteiger partial charge in [0.15, 0.2) is 0 Å². The quantitative estimate of drug-likeness (QED) is 0.437. The summed E-state index contributed by atoms with van der Waals surface area (Å²) in [6, 6.07) is 20.7. The summed E-state index contributed by atoms with van der Waals surface area (Å²) in [4.78, 5) is 27.0. The van der Waals surface area contributed by atoms with Gasteiger partial charge < -0.3 is 5.32 Å². The highest BCUT2D eigenvalue weighted by molar-refractivity contribution is 6.04. The summed E-state index contributed by atoms with van der Waals surface area (Å²) in [6.45, 7) is 0. The first-order valence-corrected chi connectivity index (χ1v) is 8.20. The van der Waals surface area contributed by atoms with Crippen LogP contribution < -0.4 is 5.32 Å². The highest BCUT2D eigenvalue weighted by atomic mass is 16.6. The number of para-hydroxylation sites is 2. The normalized spacial score (nSPS) is 10.7. The average Bonchev–Trinajstić information content (AvgIpc) is 3.13. The summed E-state index contributed by atoms with van der Waals surface area (Å²) in [6.07, 6.45) is 1.75. The number of imidazole rings is 1. The van der Waals surface area contributed by atoms with Gasteiger partial charge in [0.25, 0.3) is 11.6 Å². The molecule has 0 atom stereocenters. The van der Waals surface area contributed by atoms with Gasteiger partial charge in [0, 0.05) is 29.1 Å². The van der Waals surface area contributed by atoms with Crippen LogP contribution in [0.5, 0.6) is 0 Å². The number of rotatable bonds is 4. The SMILES string of the molecule is O=C(Nc1ccc(-n2cnc3ccccc32)cc1)c1cccc([N+](=O)[O-])c1. The van der Waals surface area contributed by atoms with Crippen LogP contribution >= 0.6 is 0 Å². The number of hydrogen-bond donors (Lipinski definition) is 1. The van der Waals surface area contributed by atoms with Gasteiger partial charge in [-0.3, -0.25) is 19.5 Å². The molecule has 1 heterocycles. The number of nitrogens with zero attached hydrogens (tertiary/aromatic N) is 3. The Labute approximate surface area is 154 Å². The number of carbonyl (C=O) groups is 1. The molecular weight excluding hydrogens is 344 g/mol. The maximum atomic E-state index is 12.3. The van der Waals surface area contributed by atoms with Gasteiger partial charge >= 0.3 is 0 Å². The fraction of sp³-hybridized carbons (Fsp3) is 0. The molecule has 1 amide bonds. The maximum absolute atomic E-state index is 12.3. The molecule has 0 unspecified atom stereocenters. The maximum Gasteiger partial charge on any atom is 0.270 e. The third-order valence-corrected chi connectivity index (χ3v) is 4.18. The number of non-ortho nitro benzene ring substituents is 1. The molecule has 0 saturated heterocycles. The first kappa shape index (κ1) is 16.5. The van der Waals surface area contributed by atoms with Gasteiger partial charge in [-0.25, -0.2) is 4.98 Å². The van der Waals surface area contributed by atoms with E-state index >= 15 is 0 Å². The Bertz CT molecular complexity index is 1150. The lowest BCUT2D eigenvalue weighted by Crippen LogP contribution is -2.12. The Hall–Kier alpha value is -4.00. The van der Waals surface area contributed by atoms with Gasteiger partial charge in [-0.1, -0.05) is 18.2 Å². The predicted octanol–water partition coefficient (Wildman–Crippen LogP) is 4.19. The van der Waals surface area contributed by atoms with Crippen molar-refractivity contribution >= 4 is 28.3 Å². The minimum Gasteiger partial charge on any atom is -0.322 e. The molecule has 0 fully saturated rings. The first-order chi connectivity index (χ1) is 13.1. The van der Waals surface area contributed by atoms with Crippen molar-refractivity contribution in [3.05, 3.63) is 94.8 Å². The molecule has 1 aromatic heterocycles. The number of carbonyl (C=O) groups excluding carboxylic acids is 1. The van der Waals surface area contributed by atoms with Gasteiger partial charge in [-0.15, -0.1) is 0 Å². The zero-order chi connectivity index (χ0) is 18.8. The predicted molar refractivity (Wildman–Crippen MR) is 102 cm³/mol. The van der Waals surface area contributed by atoms with E-state index in [1.165, 1.54) is 24.3 Å². The Morgan fingerprint density at radius 2 is 1.78 bits per heavy atom. The standard InChI is InChI=1S/C20H14N4O3/c25-20(14-4-3-5-17(12-14)24(26)27)22-15-8-10-16(11-9-15)23-13-21-18-6-1-2-7-19(18)23/h1-13H,(H,22,25). The zero-order valence-electron chi connectivity index (χ0n) is 14.1. The second kappa shape index (κ2) is 6.72. The number of fused-ring (bicyclic) bond motifs is 1. The minimum atomic E-state index is -0.527. The van der Waals surface area contributed by atoms with Crippen molar-refractivity contribution in [2.24, 2.45) is 0 Å². The topological polar surface area (TPSA) is 90.1 Å². The van der Waals surface area contributed by atoms with Crippen molar-refractivity contribution in [1.29, 1.82) is 0 Å². The van der Waals surface area contributed by atoms with E-state index in [2.05, 4.69) is 10.3 Å². The molecule has 7 heteroatoms. The van der Waals surface area contributed by atoms with E-state index in [0.29, 0.717) is 5.69 Å². The number of nitro benzene ring substituents is 1. The second-order valence-corrected chi connectivity index (χ2v) is 5.91. The third-order valence-electron chi connectivity index (χ3n) is 4.18. The van der Waals surface area contributed by atoms with Gasteiger partial charge in [-0.05, 0) is 42.5 Å². The van der Waals surface area contributed by atoms with Crippen LogP contribution in [0.4, 0.5) is 11.4 Å². The van der Waals surface area contributed by atoms with E-state index in [9.17, 15) is 14.9 Å². The molecule has 0 radical (unpaired) electrons. The molecule has 4 rings (SSSR count). The number of anilines is 1. The first-order valence-electron chi connectivity index (χ1n) is 8.20. The third kappa shape index (κ3) is 3.25. The molecule has 1 N–H and O–H groups in total. The second-order valence-electron chi connectivity index (χ2n) is 5.91. The lowest BCUT2D eigenvalue weighted by molar-refractivity contribution is -0.384. The van der Waals surface area contributed by atoms with Crippen LogP contribution in [0.15, 0.2) is 79.1 Å². The summed E-state index contributed by atoms with van der Waals surface area (Å²) in [5, 5.41) is 13.6. The van der Waals surface area contributed by atoms with E-state index in [-0.39, 0.29) is 11.3 Å². The van der Waals surface area contributed by atoms with Gasteiger partial charge in [0.05, 0.1) is 16.0 Å². The van der Waals surface area contributed by atoms with Gasteiger partial charge in [0.2, 0.25) is 0 Å². The van der Waals surface area contributed by atoms with Crippen molar-refractivity contribution < 1.29 is 9.72 Å². The lowest BCUT2D eigenvalue weighted by Gasteiger charge is -2.08. The number of nitro groups is 1. The van der Waals surface area contributed by atoms with Crippen LogP contribution in [0, 0.1) is 10.1 Å². The number of benzene rings is 3. The Balaban J connectivity index is 1.55. The largest absolute Gasteiger partial charge is 0.322 e. The zero-order valence-corrected chi connectivity index (χ0v) is 14.1. The van der Waals surface area contributed by atoms with Gasteiger partial charge in [-0.2, -0.15) is 0 Å². The summed E-state index contributed by atoms with van der Waals surface area (Å²) in [7, 11) is 0. The van der Waals surface area contributed by atoms with Crippen LogP contribution in [0.3, 0.4) is 0 Å². The van der Waals surface area contributed by atoms with Crippen molar-refractivity contribution in [1.82, 2.24) is 9.55 Å². The molecule has 0 aliphatic rings. The molecule has 3 aromatic carbocycles. The summed E-state index contributed by atoms with van der Waals surface area (Å²) in [5.74, 6) is -0.403. The highest BCUT2D eigenvalue weighted by Gasteiger charge is 2.12.